The highest BCUT2D eigenvalue weighted by atomic mass is 32.2. The number of aromatic hydroxyl groups is 2. The number of phenolic OH excluding ortho intramolecular Hbond substituents is 2. The van der Waals surface area contributed by atoms with Gasteiger partial charge in [0.25, 0.3) is 5.91 Å². The van der Waals surface area contributed by atoms with Crippen LogP contribution in [0.15, 0.2) is 53.8 Å². The van der Waals surface area contributed by atoms with Crippen LogP contribution in [0, 0.1) is 24.7 Å². The van der Waals surface area contributed by atoms with E-state index >= 15 is 0 Å². The third kappa shape index (κ3) is 24.3. The second-order valence-electron chi connectivity index (χ2n) is 26.9. The van der Waals surface area contributed by atoms with Crippen molar-refractivity contribution >= 4 is 117 Å². The number of phenols is 2. The third-order valence-corrected chi connectivity index (χ3v) is 18.1. The number of anilines is 1. The van der Waals surface area contributed by atoms with Gasteiger partial charge in [0.2, 0.25) is 58.9 Å². The number of nitrogens with two attached hydrogens (primary N) is 2. The molecule has 5 rings (SSSR count). The third-order valence-electron chi connectivity index (χ3n) is 17.5. The number of Topliss-reactive ketones (excluding diaryl/α,β-unsaturated/α-hetero) is 2. The molecule has 0 saturated heterocycles. The highest BCUT2D eigenvalue weighted by Gasteiger charge is 2.62. The maximum Gasteiger partial charge on any atom is 0.305 e. The molecule has 0 bridgehead atoms. The summed E-state index contributed by atoms with van der Waals surface area (Å²) in [5.41, 5.74) is 7.70. The maximum atomic E-state index is 14.3. The Hall–Kier alpha value is -10.4. The fourth-order valence-electron chi connectivity index (χ4n) is 12.2. The van der Waals surface area contributed by atoms with Crippen LogP contribution in [0.1, 0.15) is 93.3 Å². The first-order valence-electron chi connectivity index (χ1n) is 34.4. The van der Waals surface area contributed by atoms with Crippen LogP contribution in [0.5, 0.6) is 11.5 Å². The van der Waals surface area contributed by atoms with E-state index in [2.05, 4.69) is 47.9 Å². The van der Waals surface area contributed by atoms with Gasteiger partial charge in [-0.25, -0.2) is 0 Å². The smallest absolute Gasteiger partial charge is 0.305 e. The van der Waals surface area contributed by atoms with Crippen LogP contribution < -0.4 is 59.3 Å². The highest BCUT2D eigenvalue weighted by Crippen LogP contribution is 2.52. The van der Waals surface area contributed by atoms with Gasteiger partial charge < -0.3 is 109 Å². The molecule has 0 radical (unpaired) electrons. The van der Waals surface area contributed by atoms with Gasteiger partial charge in [0.15, 0.2) is 17.1 Å². The lowest BCUT2D eigenvalue weighted by molar-refractivity contribution is -0.142. The Morgan fingerprint density at radius 1 is 0.620 bits per heavy atom. The Kier molecular flexibility index (Phi) is 33.6. The molecular weight excluding hydrogens is 1440 g/mol. The second kappa shape index (κ2) is 41.1. The Morgan fingerprint density at radius 3 is 1.66 bits per heavy atom. The number of nitrogens with one attached hydrogen (secondary N) is 9. The van der Waals surface area contributed by atoms with Crippen molar-refractivity contribution in [3.63, 3.8) is 0 Å². The number of amides is 10. The summed E-state index contributed by atoms with van der Waals surface area (Å²) in [5, 5.41) is 96.7. The summed E-state index contributed by atoms with van der Waals surface area (Å²) in [5.74, 6) is -21.2. The molecule has 37 nitrogen and oxygen atoms in total. The van der Waals surface area contributed by atoms with Crippen LogP contribution in [-0.4, -0.2) is 262 Å². The Morgan fingerprint density at radius 2 is 1.12 bits per heavy atom. The molecule has 0 saturated carbocycles. The SMILES string of the molecule is CSCC[C@H](NC(=O)[C@H](CC(=O)O)NC(=O)[C@H](CC(C)C)NC(=O)[C@H](CC(=O)O)NC(=O)[C@H](Cc1ccccc1)NC(=O)[C@@H](N)CC(=O)O)C(=O)N[C@@H](CC(C)C)C(=O)NCC(=O)NCCOCCOCCOCC(=O)Nc1ccc2c(C)c3c(c(O)c2c1O)C(=O)[C@]1(O)C(O)=C(C(N)=O)C(=O)[C@@H](N(C)C)[C@@H]1C3. The summed E-state index contributed by atoms with van der Waals surface area (Å²) >= 11 is 1.27. The number of ether oxygens (including phenoxy) is 3. The molecule has 0 spiro atoms. The van der Waals surface area contributed by atoms with Crippen LogP contribution in [-0.2, 0) is 94.2 Å². The van der Waals surface area contributed by atoms with Crippen molar-refractivity contribution < 1.29 is 122 Å². The van der Waals surface area contributed by atoms with E-state index in [-0.39, 0.29) is 105 Å². The highest BCUT2D eigenvalue weighted by molar-refractivity contribution is 7.98. The number of ketones is 2. The van der Waals surface area contributed by atoms with E-state index in [4.69, 9.17) is 30.8 Å². The number of benzene rings is 3. The number of aliphatic hydroxyl groups excluding tert-OH is 1. The molecule has 10 amide bonds. The number of aryl methyl sites for hydroxylation is 1. The van der Waals surface area contributed by atoms with Gasteiger partial charge in [-0.1, -0.05) is 64.1 Å². The molecule has 108 heavy (non-hydrogen) atoms. The minimum absolute atomic E-state index is 0.00272. The van der Waals surface area contributed by atoms with E-state index in [0.717, 1.165) is 0 Å². The van der Waals surface area contributed by atoms with Crippen LogP contribution in [0.2, 0.25) is 0 Å². The van der Waals surface area contributed by atoms with Gasteiger partial charge in [0.05, 0.1) is 87.6 Å². The Balaban J connectivity index is 1.08. The van der Waals surface area contributed by atoms with E-state index in [0.29, 0.717) is 11.1 Å². The topological polar surface area (TPSA) is 589 Å². The van der Waals surface area contributed by atoms with Crippen LogP contribution >= 0.6 is 11.8 Å². The van der Waals surface area contributed by atoms with Crippen molar-refractivity contribution in [1.29, 1.82) is 0 Å². The average molecular weight is 1540 g/mol. The second-order valence-corrected chi connectivity index (χ2v) is 27.9. The largest absolute Gasteiger partial charge is 0.508 e. The lowest BCUT2D eigenvalue weighted by Crippen LogP contribution is -2.64. The minimum atomic E-state index is -2.87. The van der Waals surface area contributed by atoms with Gasteiger partial charge in [0, 0.05) is 18.9 Å². The molecule has 20 N–H and O–H groups in total. The van der Waals surface area contributed by atoms with Crippen molar-refractivity contribution in [3.8, 4) is 11.5 Å². The molecule has 10 atom stereocenters. The molecule has 0 fully saturated rings. The number of carbonyl (C=O) groups excluding carboxylic acids is 12. The molecule has 0 aliphatic heterocycles. The molecule has 2 aliphatic carbocycles. The fraction of sp³-hybridized carbons (Fsp3) is 0.529. The first-order valence-corrected chi connectivity index (χ1v) is 35.8. The number of aliphatic hydroxyl groups is 2. The number of carboxylic acid groups (broad SMARTS) is 3. The number of hydrogen-bond donors (Lipinski definition) is 18. The molecule has 0 heterocycles. The predicted octanol–water partition coefficient (Wildman–Crippen LogP) is -2.58. The van der Waals surface area contributed by atoms with Crippen molar-refractivity contribution in [1.82, 2.24) is 47.4 Å². The Labute approximate surface area is 624 Å². The number of rotatable bonds is 44. The summed E-state index contributed by atoms with van der Waals surface area (Å²) in [6.07, 6.45) is -1.92. The number of carboxylic acids is 3. The molecule has 2 aliphatic rings. The van der Waals surface area contributed by atoms with Gasteiger partial charge in [-0.05, 0) is 98.7 Å². The van der Waals surface area contributed by atoms with Crippen molar-refractivity contribution in [2.24, 2.45) is 29.2 Å². The monoisotopic (exact) mass is 1540 g/mol. The van der Waals surface area contributed by atoms with Crippen LogP contribution in [0.4, 0.5) is 5.69 Å². The number of nitrogens with zero attached hydrogens (tertiary/aromatic N) is 1. The van der Waals surface area contributed by atoms with E-state index in [1.165, 1.54) is 42.9 Å². The first-order chi connectivity index (χ1) is 50.8. The number of aliphatic carboxylic acids is 3. The predicted molar refractivity (Wildman–Crippen MR) is 385 cm³/mol. The lowest BCUT2D eigenvalue weighted by atomic mass is 9.61. The summed E-state index contributed by atoms with van der Waals surface area (Å²) in [7, 11) is 2.96. The van der Waals surface area contributed by atoms with Crippen LogP contribution in [0.25, 0.3) is 10.8 Å². The van der Waals surface area contributed by atoms with E-state index < -0.39 is 215 Å². The standard InChI is InChI=1S/C70H96N12O25S/c1-33(2)24-43(78-65(99)42(16-23-108-8)76-68(102)46(29-51(87)88)80-66(100)44(25-34(3)4)79-69(103)47(30-52(89)90)81-67(101)45(26-36-12-10-9-11-13-36)77-63(97)40(71)28-50(85)86)64(98)74-31-48(83)73-17-18-105-19-20-106-21-22-107-32-49(84)75-41-15-14-37-35(5)38-27-39-56(82(6)7)59(93)55(62(72)96)61(95)70(39,104)60(94)54(38)58(92)53(37)57(41)91/h9-15,33-34,39-40,42-47,56,91-92,95,104H,16-32,71H2,1-8H3,(H2,72,96)(H,73,83)(H,74,98)(H,75,84)(H,76,102)(H,77,97)(H,78,99)(H,79,103)(H,80,100)(H,81,101)(H,85,86)(H,87,88)(H,89,90)/t39-,40-,42-,43-,44-,45-,46-,47-,56-,70-/m0/s1. The normalized spacial score (nSPS) is 17.3. The number of primary amides is 1. The van der Waals surface area contributed by atoms with Crippen molar-refractivity contribution in [2.75, 3.05) is 84.2 Å². The summed E-state index contributed by atoms with van der Waals surface area (Å²) in [6, 6.07) is -1.67. The average Bonchev–Trinajstić information content (AvgIpc) is 0.696. The zero-order valence-corrected chi connectivity index (χ0v) is 61.7. The number of likely N-dealkylation sites (N-methyl/N-ethyl adjacent to an activating group) is 1. The fourth-order valence-corrected chi connectivity index (χ4v) is 12.7. The van der Waals surface area contributed by atoms with Gasteiger partial charge in [0.1, 0.15) is 59.9 Å². The summed E-state index contributed by atoms with van der Waals surface area (Å²) < 4.78 is 16.4. The summed E-state index contributed by atoms with van der Waals surface area (Å²) in [6.45, 7) is 7.35. The molecule has 592 valence electrons. The van der Waals surface area contributed by atoms with E-state index in [9.17, 15) is 103 Å². The molecule has 3 aromatic carbocycles. The van der Waals surface area contributed by atoms with Gasteiger partial charge in [-0.15, -0.1) is 0 Å². The number of hydrogen-bond acceptors (Lipinski definition) is 25. The molecule has 0 aromatic heterocycles. The van der Waals surface area contributed by atoms with E-state index in [1.807, 2.05) is 0 Å². The molecule has 38 heteroatoms. The zero-order chi connectivity index (χ0) is 80.6. The molecule has 0 unspecified atom stereocenters. The number of fused-ring (bicyclic) bond motifs is 3. The lowest BCUT2D eigenvalue weighted by Gasteiger charge is -2.47. The zero-order valence-electron chi connectivity index (χ0n) is 60.9. The first kappa shape index (κ1) is 88.2. The van der Waals surface area contributed by atoms with Gasteiger partial charge in [-0.3, -0.25) is 76.8 Å². The number of thioether (sulfide) groups is 1. The molecular formula is C70H96N12O25S. The number of carbonyl (C=O) groups is 15. The molecule has 3 aromatic rings. The van der Waals surface area contributed by atoms with Crippen molar-refractivity contribution in [2.45, 2.75) is 140 Å². The van der Waals surface area contributed by atoms with Crippen LogP contribution in [0.3, 0.4) is 0 Å². The maximum absolute atomic E-state index is 14.3. The van der Waals surface area contributed by atoms with Gasteiger partial charge >= 0.3 is 17.9 Å². The van der Waals surface area contributed by atoms with Crippen molar-refractivity contribution in [3.05, 3.63) is 76.1 Å². The van der Waals surface area contributed by atoms with Gasteiger partial charge in [-0.2, -0.15) is 11.8 Å². The summed E-state index contributed by atoms with van der Waals surface area (Å²) in [4.78, 5) is 199. The Bertz CT molecular complexity index is 3890. The van der Waals surface area contributed by atoms with E-state index in [1.54, 1.807) is 71.2 Å². The minimum Gasteiger partial charge on any atom is -0.508 e. The quantitative estimate of drug-likeness (QED) is 0.0157.